The molecule has 0 bridgehead atoms. The lowest BCUT2D eigenvalue weighted by Crippen LogP contribution is -2.53. The van der Waals surface area contributed by atoms with E-state index in [2.05, 4.69) is 36.1 Å². The van der Waals surface area contributed by atoms with E-state index in [1.165, 1.54) is 77.3 Å². The molecular formula is C26H37NO. The molecule has 0 aromatic heterocycles. The lowest BCUT2D eigenvalue weighted by Gasteiger charge is -2.56. The molecule has 6 aliphatic rings. The molecule has 6 atom stereocenters. The fourth-order valence-corrected chi connectivity index (χ4v) is 8.73. The normalized spacial score (nSPS) is 47.0. The maximum Gasteiger partial charge on any atom is 0.0926 e. The van der Waals surface area contributed by atoms with Crippen LogP contribution < -0.4 is 0 Å². The number of rotatable bonds is 2. The minimum atomic E-state index is 0.0801. The Bertz CT molecular complexity index is 729. The Balaban J connectivity index is 1.29. The lowest BCUT2D eigenvalue weighted by molar-refractivity contribution is -0.119. The summed E-state index contributed by atoms with van der Waals surface area (Å²) in [7, 11) is 0. The van der Waals surface area contributed by atoms with Crippen LogP contribution in [0.3, 0.4) is 0 Å². The van der Waals surface area contributed by atoms with Crippen LogP contribution in [0.25, 0.3) is 0 Å². The molecule has 2 heterocycles. The van der Waals surface area contributed by atoms with Crippen molar-refractivity contribution in [3.8, 4) is 0 Å². The highest BCUT2D eigenvalue weighted by Gasteiger charge is 2.64. The molecule has 3 fully saturated rings. The summed E-state index contributed by atoms with van der Waals surface area (Å²) in [6, 6.07) is 0. The van der Waals surface area contributed by atoms with Gasteiger partial charge in [-0.15, -0.1) is 0 Å². The fourth-order valence-electron chi connectivity index (χ4n) is 8.73. The summed E-state index contributed by atoms with van der Waals surface area (Å²) in [5.41, 5.74) is 3.86. The second-order valence-electron chi connectivity index (χ2n) is 10.5. The Kier molecular flexibility index (Phi) is 4.13. The number of hydrogen-bond acceptors (Lipinski definition) is 2. The van der Waals surface area contributed by atoms with Crippen molar-refractivity contribution in [1.29, 1.82) is 0 Å². The third kappa shape index (κ3) is 2.30. The summed E-state index contributed by atoms with van der Waals surface area (Å²) in [6.45, 7) is 5.89. The molecule has 28 heavy (non-hydrogen) atoms. The molecule has 6 rings (SSSR count). The number of ether oxygens (including phenoxy) is 1. The fraction of sp³-hybridized carbons (Fsp3) is 0.769. The molecule has 0 aromatic rings. The molecule has 1 saturated heterocycles. The Morgan fingerprint density at radius 1 is 1.11 bits per heavy atom. The number of allylic oxidation sites excluding steroid dienone is 4. The topological polar surface area (TPSA) is 12.5 Å². The summed E-state index contributed by atoms with van der Waals surface area (Å²) in [5.74, 6) is 3.56. The predicted octanol–water partition coefficient (Wildman–Crippen LogP) is 5.86. The van der Waals surface area contributed by atoms with Crippen molar-refractivity contribution in [3.05, 3.63) is 35.6 Å². The van der Waals surface area contributed by atoms with Gasteiger partial charge in [0.15, 0.2) is 0 Å². The van der Waals surface area contributed by atoms with E-state index in [0.717, 1.165) is 30.3 Å². The van der Waals surface area contributed by atoms with Crippen molar-refractivity contribution in [1.82, 2.24) is 4.90 Å². The monoisotopic (exact) mass is 379 g/mol. The summed E-state index contributed by atoms with van der Waals surface area (Å²) in [6.07, 6.45) is 23.7. The molecule has 2 heteroatoms. The van der Waals surface area contributed by atoms with Gasteiger partial charge in [-0.25, -0.2) is 0 Å². The van der Waals surface area contributed by atoms with Gasteiger partial charge in [-0.3, -0.25) is 0 Å². The Morgan fingerprint density at radius 2 is 2.00 bits per heavy atom. The highest BCUT2D eigenvalue weighted by molar-refractivity contribution is 5.34. The molecule has 2 nitrogen and oxygen atoms in total. The molecule has 2 saturated carbocycles. The van der Waals surface area contributed by atoms with Gasteiger partial charge in [0.05, 0.1) is 12.2 Å². The SMILES string of the molecule is CC[C@]12CCC3C(CC=C4C=C(N5CCCC5)CC[C@@H]43)C1CC[C@@]21C=CCO1. The average Bonchev–Trinajstić information content (AvgIpc) is 3.49. The van der Waals surface area contributed by atoms with Gasteiger partial charge in [0.1, 0.15) is 0 Å². The van der Waals surface area contributed by atoms with Gasteiger partial charge in [-0.2, -0.15) is 0 Å². The van der Waals surface area contributed by atoms with Crippen LogP contribution in [0.1, 0.15) is 71.1 Å². The van der Waals surface area contributed by atoms with Crippen LogP contribution in [0.15, 0.2) is 35.6 Å². The molecule has 0 N–H and O–H groups in total. The highest BCUT2D eigenvalue weighted by Crippen LogP contribution is 2.67. The molecule has 0 aromatic carbocycles. The van der Waals surface area contributed by atoms with Crippen molar-refractivity contribution in [2.75, 3.05) is 19.7 Å². The van der Waals surface area contributed by atoms with Gasteiger partial charge in [0, 0.05) is 24.2 Å². The Hall–Kier alpha value is -1.02. The zero-order chi connectivity index (χ0) is 18.8. The zero-order valence-corrected chi connectivity index (χ0v) is 17.7. The number of fused-ring (bicyclic) bond motifs is 6. The third-order valence-corrected chi connectivity index (χ3v) is 9.95. The van der Waals surface area contributed by atoms with Crippen LogP contribution in [0, 0.1) is 29.1 Å². The summed E-state index contributed by atoms with van der Waals surface area (Å²) in [4.78, 5) is 2.68. The quantitative estimate of drug-likeness (QED) is 0.557. The van der Waals surface area contributed by atoms with Crippen molar-refractivity contribution in [3.63, 3.8) is 0 Å². The van der Waals surface area contributed by atoms with Gasteiger partial charge in [0.2, 0.25) is 0 Å². The van der Waals surface area contributed by atoms with Gasteiger partial charge in [0.25, 0.3) is 0 Å². The smallest absolute Gasteiger partial charge is 0.0926 e. The van der Waals surface area contributed by atoms with Crippen molar-refractivity contribution in [2.24, 2.45) is 29.1 Å². The first-order chi connectivity index (χ1) is 13.8. The molecule has 1 spiro atoms. The van der Waals surface area contributed by atoms with E-state index in [4.69, 9.17) is 4.74 Å². The Morgan fingerprint density at radius 3 is 2.79 bits per heavy atom. The van der Waals surface area contributed by atoms with Gasteiger partial charge >= 0.3 is 0 Å². The highest BCUT2D eigenvalue weighted by atomic mass is 16.5. The van der Waals surface area contributed by atoms with Gasteiger partial charge < -0.3 is 9.64 Å². The van der Waals surface area contributed by atoms with E-state index in [-0.39, 0.29) is 5.60 Å². The zero-order valence-electron chi connectivity index (χ0n) is 17.7. The predicted molar refractivity (Wildman–Crippen MR) is 114 cm³/mol. The van der Waals surface area contributed by atoms with E-state index >= 15 is 0 Å². The van der Waals surface area contributed by atoms with Crippen LogP contribution in [0.4, 0.5) is 0 Å². The Labute approximate surface area is 171 Å². The van der Waals surface area contributed by atoms with Crippen LogP contribution in [0.5, 0.6) is 0 Å². The average molecular weight is 380 g/mol. The maximum absolute atomic E-state index is 6.48. The maximum atomic E-state index is 6.48. The first-order valence-corrected chi connectivity index (χ1v) is 12.2. The largest absolute Gasteiger partial charge is 0.375 e. The minimum Gasteiger partial charge on any atom is -0.375 e. The molecule has 3 unspecified atom stereocenters. The molecular weight excluding hydrogens is 342 g/mol. The van der Waals surface area contributed by atoms with Crippen molar-refractivity contribution < 1.29 is 4.74 Å². The first kappa shape index (κ1) is 17.8. The van der Waals surface area contributed by atoms with Gasteiger partial charge in [-0.05, 0) is 99.5 Å². The second kappa shape index (κ2) is 6.49. The van der Waals surface area contributed by atoms with Gasteiger partial charge in [-0.1, -0.05) is 25.2 Å². The second-order valence-corrected chi connectivity index (χ2v) is 10.5. The molecule has 2 aliphatic heterocycles. The van der Waals surface area contributed by atoms with E-state index in [0.29, 0.717) is 5.41 Å². The van der Waals surface area contributed by atoms with Crippen molar-refractivity contribution >= 4 is 0 Å². The van der Waals surface area contributed by atoms with E-state index in [1.54, 1.807) is 11.3 Å². The van der Waals surface area contributed by atoms with Crippen LogP contribution in [-0.4, -0.2) is 30.2 Å². The molecule has 0 amide bonds. The lowest BCUT2D eigenvalue weighted by atomic mass is 9.50. The van der Waals surface area contributed by atoms with E-state index in [9.17, 15) is 0 Å². The van der Waals surface area contributed by atoms with Crippen LogP contribution >= 0.6 is 0 Å². The molecule has 0 radical (unpaired) electrons. The third-order valence-electron chi connectivity index (χ3n) is 9.95. The van der Waals surface area contributed by atoms with Crippen molar-refractivity contribution in [2.45, 2.75) is 76.7 Å². The summed E-state index contributed by atoms with van der Waals surface area (Å²) < 4.78 is 6.48. The minimum absolute atomic E-state index is 0.0801. The first-order valence-electron chi connectivity index (χ1n) is 12.2. The molecule has 152 valence electrons. The van der Waals surface area contributed by atoms with Crippen LogP contribution in [-0.2, 0) is 4.74 Å². The number of nitrogens with zero attached hydrogens (tertiary/aromatic N) is 1. The van der Waals surface area contributed by atoms with E-state index < -0.39 is 0 Å². The summed E-state index contributed by atoms with van der Waals surface area (Å²) in [5, 5.41) is 0. The standard InChI is InChI=1S/C26H37NO/c1-2-25-13-10-22-21-9-7-20(27-15-3-4-16-27)18-19(21)6-8-23(22)24(25)11-14-26(25)12-5-17-28-26/h5-6,12,18,21-24H,2-4,7-11,13-17H2,1H3/t21-,22?,23?,24?,25-,26-/m0/s1. The van der Waals surface area contributed by atoms with Crippen LogP contribution in [0.2, 0.25) is 0 Å². The number of likely N-dealkylation sites (tertiary alicyclic amines) is 1. The summed E-state index contributed by atoms with van der Waals surface area (Å²) >= 11 is 0. The van der Waals surface area contributed by atoms with E-state index in [1.807, 2.05) is 0 Å². The molecule has 4 aliphatic carbocycles. The number of hydrogen-bond donors (Lipinski definition) is 0.